The molecule has 2 aromatic carbocycles. The largest absolute Gasteiger partial charge is 0.407 e. The molecule has 1 saturated carbocycles. The molecule has 0 atom stereocenters. The van der Waals surface area contributed by atoms with Crippen molar-refractivity contribution in [2.45, 2.75) is 31.0 Å². The number of aliphatic hydroxyl groups is 1. The fraction of sp³-hybridized carbons (Fsp3) is 0.261. The number of rotatable bonds is 4. The number of amides is 1. The van der Waals surface area contributed by atoms with Crippen LogP contribution in [0.5, 0.6) is 0 Å². The van der Waals surface area contributed by atoms with E-state index in [1.165, 1.54) is 6.07 Å². The van der Waals surface area contributed by atoms with Gasteiger partial charge in [-0.25, -0.2) is 4.85 Å². The van der Waals surface area contributed by atoms with Crippen molar-refractivity contribution < 1.29 is 23.1 Å². The van der Waals surface area contributed by atoms with E-state index in [1.807, 2.05) is 12.1 Å². The lowest BCUT2D eigenvalue weighted by Crippen LogP contribution is -2.55. The van der Waals surface area contributed by atoms with Crippen LogP contribution in [0.1, 0.15) is 30.4 Å². The average molecular weight is 457 g/mol. The minimum absolute atomic E-state index is 0.00370. The fourth-order valence-corrected chi connectivity index (χ4v) is 4.59. The summed E-state index contributed by atoms with van der Waals surface area (Å²) >= 11 is 5.60. The van der Waals surface area contributed by atoms with E-state index in [-0.39, 0.29) is 23.3 Å². The van der Waals surface area contributed by atoms with Crippen LogP contribution in [0.15, 0.2) is 48.5 Å². The molecule has 1 spiro atoms. The molecule has 164 valence electrons. The predicted octanol–water partition coefficient (Wildman–Crippen LogP) is 5.32. The van der Waals surface area contributed by atoms with Gasteiger partial charge < -0.3 is 10.0 Å². The predicted molar refractivity (Wildman–Crippen MR) is 119 cm³/mol. The summed E-state index contributed by atoms with van der Waals surface area (Å²) in [6, 6.07) is 10.4. The fourth-order valence-electron chi connectivity index (χ4n) is 4.12. The van der Waals surface area contributed by atoms with E-state index in [4.69, 9.17) is 23.9 Å². The first kappa shape index (κ1) is 22.0. The highest BCUT2D eigenvalue weighted by Crippen LogP contribution is 2.48. The number of hydrogen-bond acceptors (Lipinski definition) is 3. The molecule has 0 bridgehead atoms. The van der Waals surface area contributed by atoms with E-state index >= 15 is 0 Å². The topological polar surface area (TPSA) is 48.1 Å². The lowest BCUT2D eigenvalue weighted by molar-refractivity contribution is -0.136. The maximum atomic E-state index is 13.5. The Bertz CT molecular complexity index is 1150. The molecule has 2 aliphatic rings. The molecule has 0 aromatic heterocycles. The van der Waals surface area contributed by atoms with E-state index in [2.05, 4.69) is 4.85 Å². The van der Waals surface area contributed by atoms with E-state index < -0.39 is 23.0 Å². The van der Waals surface area contributed by atoms with Crippen molar-refractivity contribution in [3.63, 3.8) is 0 Å². The van der Waals surface area contributed by atoms with Crippen LogP contribution in [0.3, 0.4) is 0 Å². The zero-order chi connectivity index (χ0) is 23.1. The smallest absolute Gasteiger partial charge is 0.392 e. The number of benzene rings is 2. The van der Waals surface area contributed by atoms with Crippen molar-refractivity contribution in [2.75, 3.05) is 16.4 Å². The zero-order valence-corrected chi connectivity index (χ0v) is 17.6. The summed E-state index contributed by atoms with van der Waals surface area (Å²) in [5, 5.41) is 9.03. The summed E-state index contributed by atoms with van der Waals surface area (Å²) in [5.41, 5.74) is -1.03. The van der Waals surface area contributed by atoms with Gasteiger partial charge in [0.1, 0.15) is 5.54 Å². The van der Waals surface area contributed by atoms with Crippen LogP contribution in [0.25, 0.3) is 10.9 Å². The van der Waals surface area contributed by atoms with Gasteiger partial charge in [-0.1, -0.05) is 30.4 Å². The van der Waals surface area contributed by atoms with Crippen LogP contribution in [-0.2, 0) is 11.0 Å². The third-order valence-electron chi connectivity index (χ3n) is 5.82. The first-order chi connectivity index (χ1) is 15.2. The molecule has 4 rings (SSSR count). The van der Waals surface area contributed by atoms with Gasteiger partial charge in [0.05, 0.1) is 18.7 Å². The Morgan fingerprint density at radius 2 is 1.81 bits per heavy atom. The molecule has 9 heteroatoms. The molecule has 2 fully saturated rings. The van der Waals surface area contributed by atoms with Gasteiger partial charge in [0.25, 0.3) is 5.91 Å². The highest BCUT2D eigenvalue weighted by molar-refractivity contribution is 7.81. The Kier molecular flexibility index (Phi) is 5.53. The quantitative estimate of drug-likeness (QED) is 0.499. The zero-order valence-electron chi connectivity index (χ0n) is 16.8. The van der Waals surface area contributed by atoms with Crippen LogP contribution in [0, 0.1) is 6.57 Å². The van der Waals surface area contributed by atoms with Gasteiger partial charge in [-0.05, 0) is 61.3 Å². The molecule has 0 radical (unpaired) electrons. The van der Waals surface area contributed by atoms with Crippen molar-refractivity contribution >= 4 is 46.4 Å². The molecule has 5 nitrogen and oxygen atoms in total. The molecule has 0 unspecified atom stereocenters. The third kappa shape index (κ3) is 3.45. The molecule has 1 saturated heterocycles. The van der Waals surface area contributed by atoms with Gasteiger partial charge in [-0.3, -0.25) is 9.69 Å². The molecule has 1 heterocycles. The van der Waals surface area contributed by atoms with Gasteiger partial charge >= 0.3 is 6.18 Å². The minimum atomic E-state index is -4.73. The second-order valence-electron chi connectivity index (χ2n) is 7.63. The minimum Gasteiger partial charge on any atom is -0.392 e. The summed E-state index contributed by atoms with van der Waals surface area (Å²) in [6.07, 6.45) is 0.508. The van der Waals surface area contributed by atoms with E-state index in [1.54, 1.807) is 29.2 Å². The highest BCUT2D eigenvalue weighted by atomic mass is 32.1. The first-order valence-electron chi connectivity index (χ1n) is 9.88. The number of carbonyl (C=O) groups is 1. The van der Waals surface area contributed by atoms with Crippen LogP contribution in [0.4, 0.5) is 30.2 Å². The Labute approximate surface area is 188 Å². The first-order valence-corrected chi connectivity index (χ1v) is 10.3. The Balaban J connectivity index is 1.76. The number of carbonyl (C=O) groups excluding carboxylic acids is 1. The molecule has 1 aliphatic heterocycles. The monoisotopic (exact) mass is 457 g/mol. The Morgan fingerprint density at radius 3 is 2.34 bits per heavy atom. The highest BCUT2D eigenvalue weighted by Gasteiger charge is 2.59. The van der Waals surface area contributed by atoms with Crippen molar-refractivity contribution in [3.8, 4) is 0 Å². The average Bonchev–Trinajstić information content (AvgIpc) is 2.98. The van der Waals surface area contributed by atoms with Crippen molar-refractivity contribution in [1.82, 2.24) is 0 Å². The van der Waals surface area contributed by atoms with Gasteiger partial charge in [0, 0.05) is 11.4 Å². The van der Waals surface area contributed by atoms with Crippen LogP contribution < -0.4 is 9.80 Å². The van der Waals surface area contributed by atoms with E-state index in [9.17, 15) is 18.0 Å². The maximum absolute atomic E-state index is 13.5. The Hall–Kier alpha value is -3.22. The number of halogens is 3. The molecular weight excluding hydrogens is 439 g/mol. The summed E-state index contributed by atoms with van der Waals surface area (Å²) in [7, 11) is 0. The van der Waals surface area contributed by atoms with Gasteiger partial charge in [-0.2, -0.15) is 13.2 Å². The second-order valence-corrected chi connectivity index (χ2v) is 8.00. The molecule has 1 amide bonds. The van der Waals surface area contributed by atoms with Crippen molar-refractivity contribution in [1.29, 1.82) is 0 Å². The number of anilines is 2. The lowest BCUT2D eigenvalue weighted by atomic mass is 9.75. The SMILES string of the molecule is [C-]#[N+]c1ccc(N2C(=O)C3(CCC3)N(c3ccc(C=CCO)cc3)C2=S)cc1C(F)(F)F. The standard InChI is InChI=1S/C23H18F3N3O2S/c1-27-19-10-9-17(14-18(19)23(24,25)26)28-20(31)22(11-3-12-22)29(21(28)32)16-7-5-15(6-8-16)4-2-13-30/h2,4-10,14,30H,3,11-13H2. The van der Waals surface area contributed by atoms with Crippen LogP contribution in [-0.4, -0.2) is 28.3 Å². The number of thiocarbonyl (C=S) groups is 1. The summed E-state index contributed by atoms with van der Waals surface area (Å²) in [6.45, 7) is 6.93. The third-order valence-corrected chi connectivity index (χ3v) is 6.19. The van der Waals surface area contributed by atoms with Crippen molar-refractivity contribution in [3.05, 3.63) is 71.1 Å². The Morgan fingerprint density at radius 1 is 1.16 bits per heavy atom. The van der Waals surface area contributed by atoms with Gasteiger partial charge in [0.2, 0.25) is 0 Å². The van der Waals surface area contributed by atoms with E-state index in [0.717, 1.165) is 29.0 Å². The van der Waals surface area contributed by atoms with Crippen LogP contribution in [0.2, 0.25) is 0 Å². The van der Waals surface area contributed by atoms with Crippen LogP contribution >= 0.6 is 12.2 Å². The second kappa shape index (κ2) is 8.04. The normalized spacial score (nSPS) is 17.8. The summed E-state index contributed by atoms with van der Waals surface area (Å²) in [5.74, 6) is -0.360. The van der Waals surface area contributed by atoms with Gasteiger partial charge in [-0.15, -0.1) is 0 Å². The molecule has 1 aliphatic carbocycles. The summed E-state index contributed by atoms with van der Waals surface area (Å²) < 4.78 is 40.4. The molecule has 32 heavy (non-hydrogen) atoms. The number of aliphatic hydroxyl groups excluding tert-OH is 1. The van der Waals surface area contributed by atoms with Gasteiger partial charge in [0.15, 0.2) is 10.8 Å². The maximum Gasteiger partial charge on any atom is 0.407 e. The molecular formula is C23H18F3N3O2S. The van der Waals surface area contributed by atoms with Crippen molar-refractivity contribution in [2.24, 2.45) is 0 Å². The number of alkyl halides is 3. The number of nitrogens with zero attached hydrogens (tertiary/aromatic N) is 3. The lowest BCUT2D eigenvalue weighted by Gasteiger charge is -2.43. The molecule has 2 aromatic rings. The van der Waals surface area contributed by atoms with E-state index in [0.29, 0.717) is 18.5 Å². The molecule has 1 N–H and O–H groups in total. The summed E-state index contributed by atoms with van der Waals surface area (Å²) in [4.78, 5) is 19.3. The number of hydrogen-bond donors (Lipinski definition) is 1.